The molecule has 0 aromatic carbocycles. The fourth-order valence-corrected chi connectivity index (χ4v) is 2.60. The zero-order valence-electron chi connectivity index (χ0n) is 10.8. The van der Waals surface area contributed by atoms with Crippen LogP contribution >= 0.6 is 12.2 Å². The number of fused-ring (bicyclic) bond motifs is 1. The summed E-state index contributed by atoms with van der Waals surface area (Å²) in [7, 11) is 0. The first-order valence-electron chi connectivity index (χ1n) is 6.46. The van der Waals surface area contributed by atoms with E-state index in [1.54, 1.807) is 0 Å². The average molecular weight is 281 g/mol. The van der Waals surface area contributed by atoms with Crippen molar-refractivity contribution in [1.29, 1.82) is 0 Å². The number of nitrogens with two attached hydrogens (primary N) is 1. The van der Waals surface area contributed by atoms with Gasteiger partial charge >= 0.3 is 0 Å². The molecule has 0 fully saturated rings. The minimum Gasteiger partial charge on any atom is -0.395 e. The highest BCUT2D eigenvalue weighted by molar-refractivity contribution is 7.80. The quantitative estimate of drug-likeness (QED) is 0.637. The summed E-state index contributed by atoms with van der Waals surface area (Å²) in [5.41, 5.74) is 8.80. The summed E-state index contributed by atoms with van der Waals surface area (Å²) in [6.45, 7) is 0.801. The molecule has 19 heavy (non-hydrogen) atoms. The molecule has 1 aromatic rings. The van der Waals surface area contributed by atoms with Crippen LogP contribution in [0.1, 0.15) is 23.2 Å². The van der Waals surface area contributed by atoms with E-state index in [-0.39, 0.29) is 13.2 Å². The summed E-state index contributed by atoms with van der Waals surface area (Å²) < 4.78 is 0. The molecular formula is C13H19N3O2S. The van der Waals surface area contributed by atoms with Crippen LogP contribution in [0.5, 0.6) is 0 Å². The lowest BCUT2D eigenvalue weighted by atomic mass is 10.1. The van der Waals surface area contributed by atoms with Gasteiger partial charge in [-0.3, -0.25) is 0 Å². The number of aliphatic hydroxyl groups excluding tert-OH is 2. The highest BCUT2D eigenvalue weighted by Crippen LogP contribution is 2.27. The highest BCUT2D eigenvalue weighted by atomic mass is 32.1. The van der Waals surface area contributed by atoms with E-state index in [1.807, 2.05) is 11.0 Å². The molecule has 0 spiro atoms. The van der Waals surface area contributed by atoms with Crippen molar-refractivity contribution in [3.8, 4) is 0 Å². The molecule has 1 heterocycles. The second-order valence-corrected chi connectivity index (χ2v) is 5.06. The minimum absolute atomic E-state index is 0.00443. The van der Waals surface area contributed by atoms with E-state index < -0.39 is 0 Å². The SMILES string of the molecule is NC(=S)c1cc2c(nc1N(CCO)CCO)CCC2. The summed E-state index contributed by atoms with van der Waals surface area (Å²) in [6.07, 6.45) is 3.08. The predicted octanol–water partition coefficient (Wildman–Crippen LogP) is -0.00450. The lowest BCUT2D eigenvalue weighted by Gasteiger charge is -2.25. The van der Waals surface area contributed by atoms with Crippen molar-refractivity contribution in [2.45, 2.75) is 19.3 Å². The molecule has 5 nitrogen and oxygen atoms in total. The first-order valence-corrected chi connectivity index (χ1v) is 6.87. The minimum atomic E-state index is -0.00443. The van der Waals surface area contributed by atoms with Crippen molar-refractivity contribution in [3.05, 3.63) is 22.9 Å². The summed E-state index contributed by atoms with van der Waals surface area (Å²) in [6, 6.07) is 2.01. The maximum atomic E-state index is 9.13. The molecular weight excluding hydrogens is 262 g/mol. The second-order valence-electron chi connectivity index (χ2n) is 4.62. The molecule has 0 saturated heterocycles. The first-order chi connectivity index (χ1) is 9.17. The lowest BCUT2D eigenvalue weighted by Crippen LogP contribution is -2.33. The van der Waals surface area contributed by atoms with Gasteiger partial charge in [0.2, 0.25) is 0 Å². The Morgan fingerprint density at radius 1 is 1.32 bits per heavy atom. The van der Waals surface area contributed by atoms with E-state index in [1.165, 1.54) is 5.56 Å². The molecule has 6 heteroatoms. The van der Waals surface area contributed by atoms with Gasteiger partial charge in [0.05, 0.1) is 18.8 Å². The molecule has 104 valence electrons. The van der Waals surface area contributed by atoms with E-state index in [2.05, 4.69) is 4.98 Å². The zero-order chi connectivity index (χ0) is 13.8. The van der Waals surface area contributed by atoms with Crippen molar-refractivity contribution in [2.24, 2.45) is 5.73 Å². The van der Waals surface area contributed by atoms with Gasteiger partial charge in [-0.25, -0.2) is 4.98 Å². The van der Waals surface area contributed by atoms with Gasteiger partial charge in [0, 0.05) is 18.8 Å². The molecule has 2 rings (SSSR count). The number of hydrogen-bond donors (Lipinski definition) is 3. The highest BCUT2D eigenvalue weighted by Gasteiger charge is 2.20. The maximum absolute atomic E-state index is 9.13. The van der Waals surface area contributed by atoms with Gasteiger partial charge in [-0.2, -0.15) is 0 Å². The Morgan fingerprint density at radius 3 is 2.58 bits per heavy atom. The number of thiocarbonyl (C=S) groups is 1. The van der Waals surface area contributed by atoms with E-state index >= 15 is 0 Å². The van der Waals surface area contributed by atoms with Crippen LogP contribution in [0.3, 0.4) is 0 Å². The second kappa shape index (κ2) is 6.27. The Balaban J connectivity index is 2.43. The fourth-order valence-electron chi connectivity index (χ4n) is 2.45. The van der Waals surface area contributed by atoms with Crippen molar-refractivity contribution in [3.63, 3.8) is 0 Å². The molecule has 0 aliphatic heterocycles. The van der Waals surface area contributed by atoms with Crippen molar-refractivity contribution >= 4 is 23.0 Å². The largest absolute Gasteiger partial charge is 0.395 e. The summed E-state index contributed by atoms with van der Waals surface area (Å²) in [5.74, 6) is 0.677. The predicted molar refractivity (Wildman–Crippen MR) is 78.5 cm³/mol. The molecule has 0 unspecified atom stereocenters. The van der Waals surface area contributed by atoms with Gasteiger partial charge < -0.3 is 20.8 Å². The topological polar surface area (TPSA) is 82.6 Å². The van der Waals surface area contributed by atoms with Crippen LogP contribution in [0.15, 0.2) is 6.07 Å². The Bertz CT molecular complexity index is 473. The number of rotatable bonds is 6. The third kappa shape index (κ3) is 3.02. The van der Waals surface area contributed by atoms with Gasteiger partial charge in [0.1, 0.15) is 10.8 Å². The van der Waals surface area contributed by atoms with Gasteiger partial charge in [0.25, 0.3) is 0 Å². The van der Waals surface area contributed by atoms with Crippen LogP contribution in [0.4, 0.5) is 5.82 Å². The van der Waals surface area contributed by atoms with Gasteiger partial charge in [0.15, 0.2) is 0 Å². The Morgan fingerprint density at radius 2 is 2.00 bits per heavy atom. The molecule has 1 aliphatic rings. The Hall–Kier alpha value is -1.24. The summed E-state index contributed by atoms with van der Waals surface area (Å²) in [5, 5.41) is 18.3. The summed E-state index contributed by atoms with van der Waals surface area (Å²) >= 11 is 5.09. The van der Waals surface area contributed by atoms with Gasteiger partial charge in [-0.05, 0) is 30.9 Å². The van der Waals surface area contributed by atoms with Crippen LogP contribution in [0, 0.1) is 0 Å². The standard InChI is InChI=1S/C13H19N3O2S/c14-12(19)10-8-9-2-1-3-11(9)15-13(10)16(4-6-17)5-7-18/h8,17-18H,1-7H2,(H2,14,19). The number of aromatic nitrogens is 1. The zero-order valence-corrected chi connectivity index (χ0v) is 11.6. The third-order valence-electron chi connectivity index (χ3n) is 3.34. The van der Waals surface area contributed by atoms with Crippen LogP contribution in [-0.2, 0) is 12.8 Å². The maximum Gasteiger partial charge on any atom is 0.139 e. The molecule has 0 amide bonds. The van der Waals surface area contributed by atoms with Crippen LogP contribution in [0.2, 0.25) is 0 Å². The molecule has 0 atom stereocenters. The van der Waals surface area contributed by atoms with E-state index in [4.69, 9.17) is 28.2 Å². The normalized spacial score (nSPS) is 13.4. The van der Waals surface area contributed by atoms with Gasteiger partial charge in [-0.1, -0.05) is 12.2 Å². The third-order valence-corrected chi connectivity index (χ3v) is 3.56. The Labute approximate surface area is 118 Å². The van der Waals surface area contributed by atoms with Crippen molar-refractivity contribution in [1.82, 2.24) is 4.98 Å². The van der Waals surface area contributed by atoms with Crippen molar-refractivity contribution in [2.75, 3.05) is 31.2 Å². The van der Waals surface area contributed by atoms with E-state index in [0.717, 1.165) is 30.5 Å². The van der Waals surface area contributed by atoms with E-state index in [9.17, 15) is 0 Å². The van der Waals surface area contributed by atoms with Gasteiger partial charge in [-0.15, -0.1) is 0 Å². The average Bonchev–Trinajstić information content (AvgIpc) is 2.84. The molecule has 0 saturated carbocycles. The molecule has 0 radical (unpaired) electrons. The number of pyridine rings is 1. The van der Waals surface area contributed by atoms with Crippen molar-refractivity contribution < 1.29 is 10.2 Å². The molecule has 1 aliphatic carbocycles. The monoisotopic (exact) mass is 281 g/mol. The number of hydrogen-bond acceptors (Lipinski definition) is 5. The molecule has 0 bridgehead atoms. The number of aliphatic hydroxyl groups is 2. The number of nitrogens with zero attached hydrogens (tertiary/aromatic N) is 2. The Kier molecular flexibility index (Phi) is 4.68. The fraction of sp³-hybridized carbons (Fsp3) is 0.538. The number of aryl methyl sites for hydroxylation is 2. The molecule has 4 N–H and O–H groups in total. The van der Waals surface area contributed by atoms with Crippen LogP contribution < -0.4 is 10.6 Å². The van der Waals surface area contributed by atoms with Crippen LogP contribution in [-0.4, -0.2) is 46.5 Å². The van der Waals surface area contributed by atoms with E-state index in [0.29, 0.717) is 23.9 Å². The van der Waals surface area contributed by atoms with Crippen LogP contribution in [0.25, 0.3) is 0 Å². The molecule has 1 aromatic heterocycles. The number of anilines is 1. The first kappa shape index (κ1) is 14.2. The summed E-state index contributed by atoms with van der Waals surface area (Å²) in [4.78, 5) is 6.78. The smallest absolute Gasteiger partial charge is 0.139 e. The lowest BCUT2D eigenvalue weighted by molar-refractivity contribution is 0.280.